The van der Waals surface area contributed by atoms with Gasteiger partial charge in [-0.1, -0.05) is 0 Å². The number of ether oxygens (including phenoxy) is 2. The highest BCUT2D eigenvalue weighted by Gasteiger charge is 2.51. The second-order valence-electron chi connectivity index (χ2n) is 8.06. The molecular formula is C21H29N3O4. The molecule has 2 aliphatic heterocycles. The SMILES string of the molecule is COc1cc2c(cc1OC)CN(C(=O)C1CC1C(=O)N1CCN(C)CC1)CC2. The molecule has 2 unspecified atom stereocenters. The Balaban J connectivity index is 1.39. The first-order valence-electron chi connectivity index (χ1n) is 10.0. The van der Waals surface area contributed by atoms with Crippen LogP contribution in [0.25, 0.3) is 0 Å². The van der Waals surface area contributed by atoms with Crippen molar-refractivity contribution in [2.45, 2.75) is 19.4 Å². The lowest BCUT2D eigenvalue weighted by atomic mass is 9.98. The van der Waals surface area contributed by atoms with Crippen molar-refractivity contribution in [1.82, 2.24) is 14.7 Å². The van der Waals surface area contributed by atoms with Crippen LogP contribution in [0.15, 0.2) is 12.1 Å². The van der Waals surface area contributed by atoms with E-state index in [1.807, 2.05) is 21.9 Å². The summed E-state index contributed by atoms with van der Waals surface area (Å²) in [6, 6.07) is 3.97. The normalized spacial score (nSPS) is 24.5. The number of benzene rings is 1. The van der Waals surface area contributed by atoms with Gasteiger partial charge in [-0.2, -0.15) is 0 Å². The lowest BCUT2D eigenvalue weighted by Gasteiger charge is -2.33. The van der Waals surface area contributed by atoms with Crippen molar-refractivity contribution in [3.05, 3.63) is 23.3 Å². The molecule has 1 saturated heterocycles. The molecule has 0 radical (unpaired) electrons. The molecule has 0 N–H and O–H groups in total. The lowest BCUT2D eigenvalue weighted by molar-refractivity contribution is -0.139. The molecule has 1 aromatic carbocycles. The van der Waals surface area contributed by atoms with Gasteiger partial charge in [0.05, 0.1) is 26.1 Å². The Labute approximate surface area is 166 Å². The Hall–Kier alpha value is -2.28. The number of carbonyl (C=O) groups is 2. The average Bonchev–Trinajstić information content (AvgIpc) is 3.52. The zero-order valence-electron chi connectivity index (χ0n) is 16.9. The van der Waals surface area contributed by atoms with Crippen LogP contribution in [0.3, 0.4) is 0 Å². The molecule has 1 saturated carbocycles. The molecule has 4 rings (SSSR count). The number of hydrogen-bond acceptors (Lipinski definition) is 5. The number of nitrogens with zero attached hydrogens (tertiary/aromatic N) is 3. The van der Waals surface area contributed by atoms with Crippen molar-refractivity contribution in [1.29, 1.82) is 0 Å². The minimum atomic E-state index is -0.145. The zero-order chi connectivity index (χ0) is 19.8. The van der Waals surface area contributed by atoms with Gasteiger partial charge >= 0.3 is 0 Å². The number of amides is 2. The van der Waals surface area contributed by atoms with Crippen LogP contribution >= 0.6 is 0 Å². The molecule has 2 fully saturated rings. The van der Waals surface area contributed by atoms with Gasteiger partial charge in [-0.3, -0.25) is 9.59 Å². The van der Waals surface area contributed by atoms with Gasteiger partial charge in [-0.25, -0.2) is 0 Å². The molecule has 2 atom stereocenters. The van der Waals surface area contributed by atoms with Crippen LogP contribution in [0.4, 0.5) is 0 Å². The molecule has 7 nitrogen and oxygen atoms in total. The number of carbonyl (C=O) groups excluding carboxylic acids is 2. The quantitative estimate of drug-likeness (QED) is 0.771. The molecule has 2 heterocycles. The Morgan fingerprint density at radius 3 is 2.04 bits per heavy atom. The maximum atomic E-state index is 13.0. The number of piperazine rings is 1. The molecule has 2 amide bonds. The van der Waals surface area contributed by atoms with Crippen molar-refractivity contribution < 1.29 is 19.1 Å². The van der Waals surface area contributed by atoms with Gasteiger partial charge in [0.15, 0.2) is 11.5 Å². The van der Waals surface area contributed by atoms with Gasteiger partial charge in [0.1, 0.15) is 0 Å². The molecule has 1 aliphatic carbocycles. The topological polar surface area (TPSA) is 62.3 Å². The number of fused-ring (bicyclic) bond motifs is 1. The Kier molecular flexibility index (Phi) is 5.19. The fourth-order valence-electron chi connectivity index (χ4n) is 4.31. The third kappa shape index (κ3) is 3.55. The molecular weight excluding hydrogens is 358 g/mol. The van der Waals surface area contributed by atoms with E-state index in [1.165, 1.54) is 5.56 Å². The molecule has 3 aliphatic rings. The largest absolute Gasteiger partial charge is 0.493 e. The fraction of sp³-hybridized carbons (Fsp3) is 0.619. The minimum Gasteiger partial charge on any atom is -0.493 e. The zero-order valence-corrected chi connectivity index (χ0v) is 16.9. The second kappa shape index (κ2) is 7.62. The molecule has 7 heteroatoms. The van der Waals surface area contributed by atoms with Crippen molar-refractivity contribution in [2.24, 2.45) is 11.8 Å². The van der Waals surface area contributed by atoms with E-state index in [9.17, 15) is 9.59 Å². The van der Waals surface area contributed by atoms with Gasteiger partial charge in [0.2, 0.25) is 11.8 Å². The van der Waals surface area contributed by atoms with E-state index in [2.05, 4.69) is 11.9 Å². The first-order chi connectivity index (χ1) is 13.5. The smallest absolute Gasteiger partial charge is 0.226 e. The Bertz CT molecular complexity index is 773. The van der Waals surface area contributed by atoms with E-state index in [4.69, 9.17) is 9.47 Å². The standard InChI is InChI=1S/C21H29N3O4/c1-22-6-8-23(9-7-22)20(25)16-12-17(16)21(26)24-5-4-14-10-18(27-2)19(28-3)11-15(14)13-24/h10-11,16-17H,4-9,12-13H2,1-3H3. The van der Waals surface area contributed by atoms with Crippen LogP contribution in [-0.4, -0.2) is 80.5 Å². The van der Waals surface area contributed by atoms with E-state index in [0.717, 1.165) is 43.9 Å². The maximum Gasteiger partial charge on any atom is 0.226 e. The highest BCUT2D eigenvalue weighted by Crippen LogP contribution is 2.42. The third-order valence-corrected chi connectivity index (χ3v) is 6.27. The van der Waals surface area contributed by atoms with Crippen LogP contribution in [0, 0.1) is 11.8 Å². The van der Waals surface area contributed by atoms with Crippen molar-refractivity contribution in [3.63, 3.8) is 0 Å². The summed E-state index contributed by atoms with van der Waals surface area (Å²) in [7, 11) is 5.33. The first-order valence-corrected chi connectivity index (χ1v) is 10.0. The van der Waals surface area contributed by atoms with Crippen LogP contribution in [0.1, 0.15) is 17.5 Å². The van der Waals surface area contributed by atoms with E-state index in [0.29, 0.717) is 25.3 Å². The highest BCUT2D eigenvalue weighted by molar-refractivity contribution is 5.92. The second-order valence-corrected chi connectivity index (χ2v) is 8.06. The van der Waals surface area contributed by atoms with Gasteiger partial charge in [0, 0.05) is 39.3 Å². The average molecular weight is 387 g/mol. The number of rotatable bonds is 4. The van der Waals surface area contributed by atoms with Crippen molar-refractivity contribution in [3.8, 4) is 11.5 Å². The summed E-state index contributed by atoms with van der Waals surface area (Å²) in [6.45, 7) is 4.61. The van der Waals surface area contributed by atoms with E-state index >= 15 is 0 Å². The summed E-state index contributed by atoms with van der Waals surface area (Å²) >= 11 is 0. The van der Waals surface area contributed by atoms with Crippen molar-refractivity contribution >= 4 is 11.8 Å². The number of methoxy groups -OCH3 is 2. The van der Waals surface area contributed by atoms with Crippen LogP contribution in [0.5, 0.6) is 11.5 Å². The lowest BCUT2D eigenvalue weighted by Crippen LogP contribution is -2.48. The summed E-state index contributed by atoms with van der Waals surface area (Å²) in [4.78, 5) is 31.8. The Morgan fingerprint density at radius 2 is 1.43 bits per heavy atom. The number of hydrogen-bond donors (Lipinski definition) is 0. The minimum absolute atomic E-state index is 0.118. The fourth-order valence-corrected chi connectivity index (χ4v) is 4.31. The van der Waals surface area contributed by atoms with Crippen LogP contribution < -0.4 is 9.47 Å². The monoisotopic (exact) mass is 387 g/mol. The summed E-state index contributed by atoms with van der Waals surface area (Å²) in [6.07, 6.45) is 1.49. The highest BCUT2D eigenvalue weighted by atomic mass is 16.5. The molecule has 1 aromatic rings. The van der Waals surface area contributed by atoms with Crippen LogP contribution in [0.2, 0.25) is 0 Å². The molecule has 152 valence electrons. The van der Waals surface area contributed by atoms with E-state index < -0.39 is 0 Å². The molecule has 0 spiro atoms. The maximum absolute atomic E-state index is 13.0. The molecule has 28 heavy (non-hydrogen) atoms. The summed E-state index contributed by atoms with van der Waals surface area (Å²) in [5.74, 6) is 1.42. The predicted octanol–water partition coefficient (Wildman–Crippen LogP) is 0.999. The van der Waals surface area contributed by atoms with Gasteiger partial charge < -0.3 is 24.2 Å². The summed E-state index contributed by atoms with van der Waals surface area (Å²) in [5, 5.41) is 0. The number of likely N-dealkylation sites (N-methyl/N-ethyl adjacent to an activating group) is 1. The predicted molar refractivity (Wildman–Crippen MR) is 104 cm³/mol. The van der Waals surface area contributed by atoms with Crippen molar-refractivity contribution in [2.75, 3.05) is 54.0 Å². The third-order valence-electron chi connectivity index (χ3n) is 6.27. The van der Waals surface area contributed by atoms with Crippen LogP contribution in [-0.2, 0) is 22.6 Å². The Morgan fingerprint density at radius 1 is 0.857 bits per heavy atom. The molecule has 0 bridgehead atoms. The first kappa shape index (κ1) is 19.1. The summed E-state index contributed by atoms with van der Waals surface area (Å²) in [5.41, 5.74) is 2.29. The van der Waals surface area contributed by atoms with E-state index in [-0.39, 0.29) is 23.7 Å². The van der Waals surface area contributed by atoms with Gasteiger partial charge in [-0.05, 0) is 43.1 Å². The van der Waals surface area contributed by atoms with Gasteiger partial charge in [0.25, 0.3) is 0 Å². The summed E-state index contributed by atoms with van der Waals surface area (Å²) < 4.78 is 10.8. The van der Waals surface area contributed by atoms with E-state index in [1.54, 1.807) is 14.2 Å². The van der Waals surface area contributed by atoms with Gasteiger partial charge in [-0.15, -0.1) is 0 Å². The molecule has 0 aromatic heterocycles.